The summed E-state index contributed by atoms with van der Waals surface area (Å²) in [6.45, 7) is 10.9. The Morgan fingerprint density at radius 1 is 1.20 bits per heavy atom. The number of hydrogen-bond acceptors (Lipinski definition) is 9. The van der Waals surface area contributed by atoms with Gasteiger partial charge in [-0.1, -0.05) is 31.7 Å². The van der Waals surface area contributed by atoms with E-state index in [1.807, 2.05) is 6.92 Å². The number of nitrogens with zero attached hydrogens (tertiary/aromatic N) is 5. The molecule has 2 atom stereocenters. The number of anilines is 2. The number of carbonyl (C=O) groups is 1. The van der Waals surface area contributed by atoms with Crippen LogP contribution >= 0.6 is 0 Å². The van der Waals surface area contributed by atoms with Crippen LogP contribution in [0.3, 0.4) is 0 Å². The number of carbonyl (C=O) groups excluding carboxylic acids is 1. The number of piperazine rings is 1. The summed E-state index contributed by atoms with van der Waals surface area (Å²) in [6.07, 6.45) is -0.196. The van der Waals surface area contributed by atoms with Crippen molar-refractivity contribution in [1.82, 2.24) is 14.8 Å². The van der Waals surface area contributed by atoms with Crippen molar-refractivity contribution >= 4 is 43.3 Å². The number of amidine groups is 1. The van der Waals surface area contributed by atoms with Gasteiger partial charge in [-0.3, -0.25) is 9.69 Å². The minimum Gasteiger partial charge on any atom is -0.507 e. The summed E-state index contributed by atoms with van der Waals surface area (Å²) < 4.78 is 58.5. The van der Waals surface area contributed by atoms with E-state index < -0.39 is 55.2 Å². The molecule has 1 aromatic heterocycles. The summed E-state index contributed by atoms with van der Waals surface area (Å²) in [7, 11) is -0.194. The molecule has 0 saturated carbocycles. The van der Waals surface area contributed by atoms with Crippen LogP contribution in [0.15, 0.2) is 65.0 Å². The number of sulfone groups is 1. The normalized spacial score (nSPS) is 20.1. The summed E-state index contributed by atoms with van der Waals surface area (Å²) in [5, 5.41) is 20.5. The van der Waals surface area contributed by atoms with E-state index >= 15 is 8.78 Å². The standard InChI is InChI=1S/C32H34F2N5O5SSi/c1-6-19-10-8-13-24(45(43,44)18(3)4)28(19)39-30-20(16-22(34)27(35-30)26-21(33)11-9-12-23(26)40)29(36-31(39)42)38-15-14-37(25(41)7-2)17-32(38,5)46/h7-13,16,18,31,40,42H,2,6,14-15,17H2,1,3-5H3/t31?,32-/m0/s1. The van der Waals surface area contributed by atoms with Crippen LogP contribution in [0.25, 0.3) is 11.3 Å². The molecule has 3 aromatic rings. The fraction of sp³-hybridized carbons (Fsp3) is 0.344. The van der Waals surface area contributed by atoms with Crippen molar-refractivity contribution in [3.8, 4) is 17.0 Å². The van der Waals surface area contributed by atoms with Gasteiger partial charge < -0.3 is 20.0 Å². The van der Waals surface area contributed by atoms with Gasteiger partial charge >= 0.3 is 0 Å². The number of aromatic nitrogens is 1. The highest BCUT2D eigenvalue weighted by Gasteiger charge is 2.43. The van der Waals surface area contributed by atoms with Gasteiger partial charge in [0.2, 0.25) is 12.3 Å². The number of halogens is 2. The monoisotopic (exact) mass is 666 g/mol. The minimum absolute atomic E-state index is 0.0779. The van der Waals surface area contributed by atoms with Crippen molar-refractivity contribution in [2.75, 3.05) is 24.5 Å². The third-order valence-corrected chi connectivity index (χ3v) is 10.8. The van der Waals surface area contributed by atoms with Gasteiger partial charge in [0.25, 0.3) is 0 Å². The van der Waals surface area contributed by atoms with Crippen molar-refractivity contribution in [3.63, 3.8) is 0 Å². The van der Waals surface area contributed by atoms with E-state index in [1.165, 1.54) is 43.0 Å². The lowest BCUT2D eigenvalue weighted by molar-refractivity contribution is -0.128. The number of fused-ring (bicyclic) bond motifs is 1. The van der Waals surface area contributed by atoms with Crippen LogP contribution in [0.5, 0.6) is 5.75 Å². The Kier molecular flexibility index (Phi) is 8.83. The molecule has 2 aliphatic rings. The SMILES string of the molecule is C=CC(=O)N1CCN(C2=NC(O)N(c3c(CC)cccc3S(=O)(=O)C(C)C)c3nc(-c4c(O)cccc4F)c(F)cc32)[C@@](C)([Si])C1. The molecule has 2 aliphatic heterocycles. The van der Waals surface area contributed by atoms with Crippen LogP contribution in [0.4, 0.5) is 20.3 Å². The predicted octanol–water partition coefficient (Wildman–Crippen LogP) is 3.87. The molecule has 241 valence electrons. The van der Waals surface area contributed by atoms with E-state index in [0.29, 0.717) is 12.0 Å². The molecule has 1 amide bonds. The Labute approximate surface area is 270 Å². The fourth-order valence-electron chi connectivity index (χ4n) is 5.80. The number of benzene rings is 2. The summed E-state index contributed by atoms with van der Waals surface area (Å²) in [5.74, 6) is -2.76. The highest BCUT2D eigenvalue weighted by Crippen LogP contribution is 2.44. The van der Waals surface area contributed by atoms with Crippen LogP contribution < -0.4 is 4.90 Å². The summed E-state index contributed by atoms with van der Waals surface area (Å²) in [6, 6.07) is 9.32. The van der Waals surface area contributed by atoms with Crippen LogP contribution in [0.1, 0.15) is 38.8 Å². The Morgan fingerprint density at radius 2 is 1.89 bits per heavy atom. The van der Waals surface area contributed by atoms with E-state index in [9.17, 15) is 23.4 Å². The number of aryl methyl sites for hydroxylation is 1. The average Bonchev–Trinajstić information content (AvgIpc) is 3.00. The Hall–Kier alpha value is -4.14. The highest BCUT2D eigenvalue weighted by molar-refractivity contribution is 7.92. The lowest BCUT2D eigenvalue weighted by atomic mass is 10.0. The summed E-state index contributed by atoms with van der Waals surface area (Å²) in [5.41, 5.74) is -0.331. The number of aliphatic hydroxyl groups is 1. The number of aliphatic hydroxyl groups excluding tert-OH is 1. The molecule has 0 bridgehead atoms. The van der Waals surface area contributed by atoms with Crippen molar-refractivity contribution in [1.29, 1.82) is 0 Å². The van der Waals surface area contributed by atoms with E-state index in [0.717, 1.165) is 12.1 Å². The number of rotatable bonds is 6. The number of para-hydroxylation sites is 1. The molecule has 0 spiro atoms. The molecular formula is C32H34F2N5O5SSi. The van der Waals surface area contributed by atoms with Gasteiger partial charge in [-0.05, 0) is 63.1 Å². The Bertz CT molecular complexity index is 1850. The minimum atomic E-state index is -3.94. The number of aromatic hydroxyl groups is 1. The van der Waals surface area contributed by atoms with Gasteiger partial charge in [-0.2, -0.15) is 0 Å². The topological polar surface area (TPSA) is 127 Å². The number of hydrogen-bond donors (Lipinski definition) is 2. The molecule has 1 unspecified atom stereocenters. The maximum Gasteiger partial charge on any atom is 0.246 e. The van der Waals surface area contributed by atoms with E-state index in [1.54, 1.807) is 28.9 Å². The maximum absolute atomic E-state index is 16.0. The zero-order valence-electron chi connectivity index (χ0n) is 25.8. The van der Waals surface area contributed by atoms with Gasteiger partial charge in [-0.25, -0.2) is 27.2 Å². The smallest absolute Gasteiger partial charge is 0.246 e. The van der Waals surface area contributed by atoms with E-state index in [-0.39, 0.29) is 53.3 Å². The Morgan fingerprint density at radius 3 is 2.50 bits per heavy atom. The number of aliphatic imine (C=N–C) groups is 1. The summed E-state index contributed by atoms with van der Waals surface area (Å²) in [4.78, 5) is 25.9. The van der Waals surface area contributed by atoms with Gasteiger partial charge in [0, 0.05) is 24.8 Å². The van der Waals surface area contributed by atoms with Crippen LogP contribution in [-0.2, 0) is 21.1 Å². The molecule has 0 aliphatic carbocycles. The molecule has 1 fully saturated rings. The van der Waals surface area contributed by atoms with Crippen molar-refractivity contribution < 1.29 is 32.2 Å². The lowest BCUT2D eigenvalue weighted by Gasteiger charge is -2.50. The zero-order chi connectivity index (χ0) is 33.7. The van der Waals surface area contributed by atoms with E-state index in [2.05, 4.69) is 26.8 Å². The first-order valence-corrected chi connectivity index (χ1v) is 16.7. The van der Waals surface area contributed by atoms with Crippen LogP contribution in [0, 0.1) is 11.6 Å². The quantitative estimate of drug-likeness (QED) is 0.300. The number of phenolic OH excluding ortho intramolecular Hbond substituents is 1. The molecule has 2 aromatic carbocycles. The van der Waals surface area contributed by atoms with Crippen LogP contribution in [0.2, 0.25) is 0 Å². The summed E-state index contributed by atoms with van der Waals surface area (Å²) >= 11 is 0. The van der Waals surface area contributed by atoms with Crippen molar-refractivity contribution in [2.45, 2.75) is 55.8 Å². The maximum atomic E-state index is 16.0. The Balaban J connectivity index is 1.80. The second-order valence-corrected chi connectivity index (χ2v) is 15.1. The molecule has 10 nitrogen and oxygen atoms in total. The number of phenols is 1. The molecule has 46 heavy (non-hydrogen) atoms. The molecule has 2 N–H and O–H groups in total. The molecule has 1 saturated heterocycles. The highest BCUT2D eigenvalue weighted by atomic mass is 32.2. The fourth-order valence-corrected chi connectivity index (χ4v) is 7.49. The van der Waals surface area contributed by atoms with Gasteiger partial charge in [0.05, 0.1) is 37.2 Å². The first-order chi connectivity index (χ1) is 21.6. The van der Waals surface area contributed by atoms with Crippen molar-refractivity contribution in [3.05, 3.63) is 77.9 Å². The first-order valence-electron chi connectivity index (χ1n) is 14.7. The first kappa shape index (κ1) is 33.2. The second kappa shape index (κ2) is 12.2. The zero-order valence-corrected chi connectivity index (χ0v) is 27.6. The molecule has 5 rings (SSSR count). The number of pyridine rings is 1. The molecular weight excluding hydrogens is 633 g/mol. The predicted molar refractivity (Wildman–Crippen MR) is 172 cm³/mol. The van der Waals surface area contributed by atoms with Gasteiger partial charge in [0.1, 0.15) is 28.9 Å². The second-order valence-electron chi connectivity index (χ2n) is 11.6. The van der Waals surface area contributed by atoms with Gasteiger partial charge in [0.15, 0.2) is 15.7 Å². The molecule has 3 heterocycles. The van der Waals surface area contributed by atoms with Gasteiger partial charge in [-0.15, -0.1) is 0 Å². The van der Waals surface area contributed by atoms with Crippen molar-refractivity contribution in [2.24, 2.45) is 4.99 Å². The largest absolute Gasteiger partial charge is 0.507 e. The third kappa shape index (κ3) is 5.58. The molecule has 14 heteroatoms. The lowest BCUT2D eigenvalue weighted by Crippen LogP contribution is -2.64. The number of amides is 1. The van der Waals surface area contributed by atoms with E-state index in [4.69, 9.17) is 0 Å². The van der Waals surface area contributed by atoms with Crippen LogP contribution in [-0.4, -0.2) is 91.8 Å². The molecule has 3 radical (unpaired) electrons. The third-order valence-electron chi connectivity index (χ3n) is 8.18. The average molecular weight is 667 g/mol.